The maximum absolute atomic E-state index is 3.27. The zero-order chi connectivity index (χ0) is 10.6. The van der Waals surface area contributed by atoms with Gasteiger partial charge in [0.15, 0.2) is 0 Å². The first-order valence-corrected chi connectivity index (χ1v) is 5.35. The highest BCUT2D eigenvalue weighted by Gasteiger charge is 2.03. The summed E-state index contributed by atoms with van der Waals surface area (Å²) in [6.07, 6.45) is 2.00. The molecule has 0 saturated heterocycles. The fourth-order valence-electron chi connectivity index (χ4n) is 1.59. The lowest BCUT2D eigenvalue weighted by Gasteiger charge is -2.05. The fraction of sp³-hybridized carbons (Fsp3) is 0.385. The van der Waals surface area contributed by atoms with Crippen molar-refractivity contribution < 1.29 is 0 Å². The van der Waals surface area contributed by atoms with Gasteiger partial charge in [0.05, 0.1) is 0 Å². The number of hydrogen-bond acceptors (Lipinski definition) is 0. The van der Waals surface area contributed by atoms with Crippen LogP contribution in [0.25, 0.3) is 10.9 Å². The van der Waals surface area contributed by atoms with E-state index >= 15 is 0 Å². The summed E-state index contributed by atoms with van der Waals surface area (Å²) in [6.45, 7) is 8.44. The van der Waals surface area contributed by atoms with Crippen LogP contribution in [0.2, 0.25) is 0 Å². The molecule has 0 aliphatic rings. The van der Waals surface area contributed by atoms with Gasteiger partial charge in [-0.05, 0) is 22.9 Å². The van der Waals surface area contributed by atoms with Crippen molar-refractivity contribution in [3.8, 4) is 0 Å². The van der Waals surface area contributed by atoms with Crippen molar-refractivity contribution in [1.29, 1.82) is 0 Å². The van der Waals surface area contributed by atoms with Gasteiger partial charge in [-0.2, -0.15) is 0 Å². The highest BCUT2D eigenvalue weighted by molar-refractivity contribution is 5.82. The number of para-hydroxylation sites is 1. The summed E-state index contributed by atoms with van der Waals surface area (Å²) in [7, 11) is 0. The number of H-pyrrole nitrogens is 1. The first-order valence-electron chi connectivity index (χ1n) is 5.35. The van der Waals surface area contributed by atoms with Gasteiger partial charge in [0.25, 0.3) is 0 Å². The van der Waals surface area contributed by atoms with E-state index in [0.29, 0.717) is 5.92 Å². The molecule has 14 heavy (non-hydrogen) atoms. The van der Waals surface area contributed by atoms with E-state index in [1.165, 1.54) is 16.5 Å². The Bertz CT molecular complexity index is 385. The summed E-state index contributed by atoms with van der Waals surface area (Å²) in [5, 5.41) is 1.31. The summed E-state index contributed by atoms with van der Waals surface area (Å²) in [4.78, 5) is 3.27. The molecule has 1 aromatic heterocycles. The Balaban J connectivity index is 0.000000461. The van der Waals surface area contributed by atoms with E-state index in [-0.39, 0.29) is 0 Å². The van der Waals surface area contributed by atoms with Crippen molar-refractivity contribution in [2.45, 2.75) is 33.6 Å². The second-order valence-electron chi connectivity index (χ2n) is 3.44. The minimum Gasteiger partial charge on any atom is -0.361 e. The zero-order valence-electron chi connectivity index (χ0n) is 9.46. The summed E-state index contributed by atoms with van der Waals surface area (Å²) in [5.74, 6) is 0.590. The average Bonchev–Trinajstić information content (AvgIpc) is 2.67. The van der Waals surface area contributed by atoms with Gasteiger partial charge in [-0.1, -0.05) is 45.9 Å². The Morgan fingerprint density at radius 3 is 2.43 bits per heavy atom. The van der Waals surface area contributed by atoms with Gasteiger partial charge in [-0.25, -0.2) is 0 Å². The molecule has 1 nitrogen and oxygen atoms in total. The van der Waals surface area contributed by atoms with Crippen molar-refractivity contribution in [1.82, 2.24) is 4.98 Å². The van der Waals surface area contributed by atoms with E-state index in [4.69, 9.17) is 0 Å². The van der Waals surface area contributed by atoms with Gasteiger partial charge in [-0.15, -0.1) is 0 Å². The number of rotatable bonds is 1. The molecule has 2 rings (SSSR count). The van der Waals surface area contributed by atoms with Gasteiger partial charge in [0.2, 0.25) is 0 Å². The molecule has 0 aliphatic carbocycles. The van der Waals surface area contributed by atoms with Crippen LogP contribution >= 0.6 is 0 Å². The van der Waals surface area contributed by atoms with Crippen LogP contribution in [0, 0.1) is 0 Å². The molecule has 2 aromatic rings. The minimum absolute atomic E-state index is 0.590. The standard InChI is InChI=1S/C11H13N.C2H6/c1-8(2)10-5-3-4-9-6-7-12-11(9)10;1-2/h3-8,12H,1-2H3;1-2H3. The average molecular weight is 189 g/mol. The van der Waals surface area contributed by atoms with Gasteiger partial charge in [0, 0.05) is 11.7 Å². The number of nitrogens with one attached hydrogen (secondary N) is 1. The normalized spacial score (nSPS) is 10.1. The molecule has 0 aliphatic heterocycles. The Kier molecular flexibility index (Phi) is 3.75. The maximum atomic E-state index is 3.27. The van der Waals surface area contributed by atoms with Crippen LogP contribution in [0.1, 0.15) is 39.2 Å². The third kappa shape index (κ3) is 1.98. The molecule has 0 atom stereocenters. The number of hydrogen-bond donors (Lipinski definition) is 1. The van der Waals surface area contributed by atoms with Crippen LogP contribution in [0.4, 0.5) is 0 Å². The zero-order valence-corrected chi connectivity index (χ0v) is 9.46. The third-order valence-corrected chi connectivity index (χ3v) is 2.24. The van der Waals surface area contributed by atoms with E-state index in [2.05, 4.69) is 43.1 Å². The Hall–Kier alpha value is -1.24. The van der Waals surface area contributed by atoms with Crippen LogP contribution in [0.3, 0.4) is 0 Å². The van der Waals surface area contributed by atoms with Crippen molar-refractivity contribution in [3.05, 3.63) is 36.0 Å². The van der Waals surface area contributed by atoms with Crippen molar-refractivity contribution >= 4 is 10.9 Å². The number of benzene rings is 1. The molecule has 0 amide bonds. The Labute approximate surface area is 86.2 Å². The molecule has 1 N–H and O–H groups in total. The molecular formula is C13H19N. The molecule has 1 aromatic carbocycles. The lowest BCUT2D eigenvalue weighted by Crippen LogP contribution is -1.87. The van der Waals surface area contributed by atoms with Crippen LogP contribution in [0.5, 0.6) is 0 Å². The number of fused-ring (bicyclic) bond motifs is 1. The highest BCUT2D eigenvalue weighted by Crippen LogP contribution is 2.23. The monoisotopic (exact) mass is 189 g/mol. The molecule has 1 heteroatoms. The molecule has 0 radical (unpaired) electrons. The van der Waals surface area contributed by atoms with Crippen molar-refractivity contribution in [2.75, 3.05) is 0 Å². The Morgan fingerprint density at radius 1 is 1.07 bits per heavy atom. The predicted molar refractivity (Wildman–Crippen MR) is 63.7 cm³/mol. The Morgan fingerprint density at radius 2 is 1.79 bits per heavy atom. The topological polar surface area (TPSA) is 15.8 Å². The van der Waals surface area contributed by atoms with Crippen LogP contribution in [-0.4, -0.2) is 4.98 Å². The van der Waals surface area contributed by atoms with E-state index in [1.54, 1.807) is 0 Å². The van der Waals surface area contributed by atoms with Crippen molar-refractivity contribution in [3.63, 3.8) is 0 Å². The van der Waals surface area contributed by atoms with E-state index in [1.807, 2.05) is 20.0 Å². The third-order valence-electron chi connectivity index (χ3n) is 2.24. The fourth-order valence-corrected chi connectivity index (χ4v) is 1.59. The van der Waals surface area contributed by atoms with Gasteiger partial charge in [-0.3, -0.25) is 0 Å². The SMILES string of the molecule is CC.CC(C)c1cccc2cc[nH]c12. The first kappa shape index (κ1) is 10.8. The van der Waals surface area contributed by atoms with E-state index < -0.39 is 0 Å². The molecular weight excluding hydrogens is 170 g/mol. The molecule has 76 valence electrons. The summed E-state index contributed by atoms with van der Waals surface area (Å²) in [5.41, 5.74) is 2.69. The molecule has 0 unspecified atom stereocenters. The van der Waals surface area contributed by atoms with Gasteiger partial charge >= 0.3 is 0 Å². The second kappa shape index (κ2) is 4.85. The summed E-state index contributed by atoms with van der Waals surface area (Å²) >= 11 is 0. The molecule has 0 spiro atoms. The predicted octanol–water partition coefficient (Wildman–Crippen LogP) is 4.32. The molecule has 0 bridgehead atoms. The van der Waals surface area contributed by atoms with Gasteiger partial charge in [0.1, 0.15) is 0 Å². The summed E-state index contributed by atoms with van der Waals surface area (Å²) < 4.78 is 0. The molecule has 1 heterocycles. The van der Waals surface area contributed by atoms with E-state index in [9.17, 15) is 0 Å². The van der Waals surface area contributed by atoms with Crippen LogP contribution < -0.4 is 0 Å². The van der Waals surface area contributed by atoms with E-state index in [0.717, 1.165) is 0 Å². The van der Waals surface area contributed by atoms with Crippen molar-refractivity contribution in [2.24, 2.45) is 0 Å². The quantitative estimate of drug-likeness (QED) is 0.687. The highest BCUT2D eigenvalue weighted by atomic mass is 14.7. The first-order chi connectivity index (χ1) is 6.79. The largest absolute Gasteiger partial charge is 0.361 e. The lowest BCUT2D eigenvalue weighted by atomic mass is 10.0. The maximum Gasteiger partial charge on any atom is 0.0489 e. The number of aromatic amines is 1. The smallest absolute Gasteiger partial charge is 0.0489 e. The van der Waals surface area contributed by atoms with Gasteiger partial charge < -0.3 is 4.98 Å². The molecule has 0 saturated carbocycles. The van der Waals surface area contributed by atoms with Crippen LogP contribution in [0.15, 0.2) is 30.5 Å². The second-order valence-corrected chi connectivity index (χ2v) is 3.44. The molecule has 0 fully saturated rings. The minimum atomic E-state index is 0.590. The number of aromatic nitrogens is 1. The summed E-state index contributed by atoms with van der Waals surface area (Å²) in [6, 6.07) is 8.55. The lowest BCUT2D eigenvalue weighted by molar-refractivity contribution is 0.873. The van der Waals surface area contributed by atoms with Crippen LogP contribution in [-0.2, 0) is 0 Å².